The summed E-state index contributed by atoms with van der Waals surface area (Å²) in [6.07, 6.45) is 2.18. The average molecular weight is 379 g/mol. The van der Waals surface area contributed by atoms with Gasteiger partial charge in [-0.3, -0.25) is 4.79 Å². The molecule has 1 atom stereocenters. The van der Waals surface area contributed by atoms with Gasteiger partial charge in [0.05, 0.1) is 20.3 Å². The number of hydrogen-bond acceptors (Lipinski definition) is 6. The molecule has 1 amide bonds. The molecule has 0 fully saturated rings. The third kappa shape index (κ3) is 3.28. The highest BCUT2D eigenvalue weighted by atomic mass is 16.5. The number of carbonyl (C=O) groups excluding carboxylic acids is 1. The largest absolute Gasteiger partial charge is 0.493 e. The molecular weight excluding hydrogens is 358 g/mol. The average Bonchev–Trinajstić information content (AvgIpc) is 3.25. The summed E-state index contributed by atoms with van der Waals surface area (Å²) < 4.78 is 12.4. The van der Waals surface area contributed by atoms with Crippen LogP contribution in [0.4, 0.5) is 0 Å². The standard InChI is InChI=1S/C20H21N5O3/c1-27-17-10-15-8-9-25(19(26)12-24-13-21-22-23-24)20(14-6-4-3-5-7-14)16(15)11-18(17)28-2/h3-7,10-11,13,20H,8-9,12H2,1-2H3. The summed E-state index contributed by atoms with van der Waals surface area (Å²) in [5.74, 6) is 1.31. The van der Waals surface area contributed by atoms with E-state index in [0.717, 1.165) is 23.1 Å². The van der Waals surface area contributed by atoms with E-state index in [2.05, 4.69) is 15.5 Å². The Morgan fingerprint density at radius 3 is 2.57 bits per heavy atom. The van der Waals surface area contributed by atoms with E-state index in [1.54, 1.807) is 14.2 Å². The Morgan fingerprint density at radius 2 is 1.89 bits per heavy atom. The molecule has 0 radical (unpaired) electrons. The molecule has 28 heavy (non-hydrogen) atoms. The number of nitrogens with zero attached hydrogens (tertiary/aromatic N) is 5. The van der Waals surface area contributed by atoms with E-state index in [0.29, 0.717) is 18.0 Å². The highest BCUT2D eigenvalue weighted by Gasteiger charge is 2.33. The summed E-state index contributed by atoms with van der Waals surface area (Å²) >= 11 is 0. The van der Waals surface area contributed by atoms with Crippen LogP contribution in [-0.2, 0) is 17.8 Å². The lowest BCUT2D eigenvalue weighted by Crippen LogP contribution is -2.42. The minimum Gasteiger partial charge on any atom is -0.493 e. The van der Waals surface area contributed by atoms with Crippen LogP contribution < -0.4 is 9.47 Å². The maximum Gasteiger partial charge on any atom is 0.245 e. The van der Waals surface area contributed by atoms with Gasteiger partial charge in [0.1, 0.15) is 12.9 Å². The number of fused-ring (bicyclic) bond motifs is 1. The summed E-state index contributed by atoms with van der Waals surface area (Å²) in [6, 6.07) is 13.8. The molecule has 0 aliphatic carbocycles. The molecule has 2 heterocycles. The van der Waals surface area contributed by atoms with Crippen LogP contribution in [0.1, 0.15) is 22.7 Å². The normalized spacial score (nSPS) is 15.8. The fourth-order valence-electron chi connectivity index (χ4n) is 3.69. The number of hydrogen-bond donors (Lipinski definition) is 0. The molecule has 8 nitrogen and oxygen atoms in total. The third-order valence-corrected chi connectivity index (χ3v) is 5.00. The predicted octanol–water partition coefficient (Wildman–Crippen LogP) is 1.86. The summed E-state index contributed by atoms with van der Waals surface area (Å²) in [5, 5.41) is 11.0. The van der Waals surface area contributed by atoms with Crippen molar-refractivity contribution in [1.82, 2.24) is 25.1 Å². The van der Waals surface area contributed by atoms with Gasteiger partial charge in [-0.25, -0.2) is 4.68 Å². The lowest BCUT2D eigenvalue weighted by atomic mass is 9.87. The molecular formula is C20H21N5O3. The molecule has 0 saturated heterocycles. The second-order valence-electron chi connectivity index (χ2n) is 6.56. The third-order valence-electron chi connectivity index (χ3n) is 5.00. The van der Waals surface area contributed by atoms with E-state index in [4.69, 9.17) is 9.47 Å². The molecule has 1 unspecified atom stereocenters. The van der Waals surface area contributed by atoms with Gasteiger partial charge >= 0.3 is 0 Å². The minimum absolute atomic E-state index is 0.0402. The van der Waals surface area contributed by atoms with Crippen molar-refractivity contribution in [3.63, 3.8) is 0 Å². The lowest BCUT2D eigenvalue weighted by Gasteiger charge is -2.38. The van der Waals surface area contributed by atoms with Gasteiger partial charge < -0.3 is 14.4 Å². The number of carbonyl (C=O) groups is 1. The molecule has 1 aliphatic rings. The number of benzene rings is 2. The SMILES string of the molecule is COc1cc2c(cc1OC)C(c1ccccc1)N(C(=O)Cn1cnnn1)CC2. The molecule has 2 aromatic carbocycles. The van der Waals surface area contributed by atoms with E-state index in [1.165, 1.54) is 11.0 Å². The van der Waals surface area contributed by atoms with Crippen LogP contribution in [0.25, 0.3) is 0 Å². The highest BCUT2D eigenvalue weighted by Crippen LogP contribution is 2.41. The molecule has 4 rings (SSSR count). The van der Waals surface area contributed by atoms with Crippen LogP contribution in [-0.4, -0.2) is 51.8 Å². The maximum absolute atomic E-state index is 13.1. The van der Waals surface area contributed by atoms with Gasteiger partial charge in [-0.1, -0.05) is 30.3 Å². The second-order valence-corrected chi connectivity index (χ2v) is 6.56. The van der Waals surface area contributed by atoms with Crippen LogP contribution in [0.5, 0.6) is 11.5 Å². The Morgan fingerprint density at radius 1 is 1.14 bits per heavy atom. The number of rotatable bonds is 5. The fourth-order valence-corrected chi connectivity index (χ4v) is 3.69. The zero-order valence-electron chi connectivity index (χ0n) is 15.8. The first-order valence-electron chi connectivity index (χ1n) is 9.01. The van der Waals surface area contributed by atoms with Crippen LogP contribution >= 0.6 is 0 Å². The number of aromatic nitrogens is 4. The molecule has 0 bridgehead atoms. The highest BCUT2D eigenvalue weighted by molar-refractivity contribution is 5.77. The van der Waals surface area contributed by atoms with Crippen molar-refractivity contribution in [3.8, 4) is 11.5 Å². The first-order valence-corrected chi connectivity index (χ1v) is 9.01. The van der Waals surface area contributed by atoms with Crippen molar-refractivity contribution < 1.29 is 14.3 Å². The van der Waals surface area contributed by atoms with Gasteiger partial charge in [0.2, 0.25) is 5.91 Å². The lowest BCUT2D eigenvalue weighted by molar-refractivity contribution is -0.134. The Hall–Kier alpha value is -3.42. The van der Waals surface area contributed by atoms with E-state index in [-0.39, 0.29) is 18.5 Å². The number of ether oxygens (including phenoxy) is 2. The Kier molecular flexibility index (Phi) is 4.92. The smallest absolute Gasteiger partial charge is 0.245 e. The molecule has 144 valence electrons. The zero-order valence-corrected chi connectivity index (χ0v) is 15.8. The molecule has 8 heteroatoms. The second kappa shape index (κ2) is 7.67. The first kappa shape index (κ1) is 18.0. The van der Waals surface area contributed by atoms with Gasteiger partial charge in [0.15, 0.2) is 11.5 Å². The van der Waals surface area contributed by atoms with E-state index < -0.39 is 0 Å². The molecule has 0 spiro atoms. The van der Waals surface area contributed by atoms with E-state index >= 15 is 0 Å². The summed E-state index contributed by atoms with van der Waals surface area (Å²) in [7, 11) is 3.25. The molecule has 0 saturated carbocycles. The van der Waals surface area contributed by atoms with E-state index in [1.807, 2.05) is 47.4 Å². The number of amides is 1. The van der Waals surface area contributed by atoms with Crippen LogP contribution in [0.3, 0.4) is 0 Å². The Balaban J connectivity index is 1.77. The van der Waals surface area contributed by atoms with Crippen molar-refractivity contribution in [2.45, 2.75) is 19.0 Å². The number of methoxy groups -OCH3 is 2. The molecule has 1 aromatic heterocycles. The summed E-state index contributed by atoms with van der Waals surface area (Å²) in [6.45, 7) is 0.696. The monoisotopic (exact) mass is 379 g/mol. The number of tetrazole rings is 1. The topological polar surface area (TPSA) is 82.4 Å². The van der Waals surface area contributed by atoms with Crippen LogP contribution in [0, 0.1) is 0 Å². The first-order chi connectivity index (χ1) is 13.7. The summed E-state index contributed by atoms with van der Waals surface area (Å²) in [4.78, 5) is 15.0. The molecule has 3 aromatic rings. The summed E-state index contributed by atoms with van der Waals surface area (Å²) in [5.41, 5.74) is 3.24. The van der Waals surface area contributed by atoms with Gasteiger partial charge in [-0.15, -0.1) is 5.10 Å². The van der Waals surface area contributed by atoms with Crippen LogP contribution in [0.2, 0.25) is 0 Å². The van der Waals surface area contributed by atoms with E-state index in [9.17, 15) is 4.79 Å². The fraction of sp³-hybridized carbons (Fsp3) is 0.300. The van der Waals surface area contributed by atoms with Gasteiger partial charge in [-0.2, -0.15) is 0 Å². The molecule has 1 aliphatic heterocycles. The van der Waals surface area contributed by atoms with Crippen molar-refractivity contribution in [2.75, 3.05) is 20.8 Å². The quantitative estimate of drug-likeness (QED) is 0.673. The Labute approximate surface area is 162 Å². The van der Waals surface area contributed by atoms with Gasteiger partial charge in [0, 0.05) is 6.54 Å². The van der Waals surface area contributed by atoms with Crippen molar-refractivity contribution in [1.29, 1.82) is 0 Å². The van der Waals surface area contributed by atoms with Crippen molar-refractivity contribution in [3.05, 3.63) is 65.5 Å². The Bertz CT molecular complexity index is 959. The van der Waals surface area contributed by atoms with Crippen LogP contribution in [0.15, 0.2) is 48.8 Å². The zero-order chi connectivity index (χ0) is 19.5. The van der Waals surface area contributed by atoms with Crippen molar-refractivity contribution in [2.24, 2.45) is 0 Å². The molecule has 0 N–H and O–H groups in total. The maximum atomic E-state index is 13.1. The van der Waals surface area contributed by atoms with Crippen molar-refractivity contribution >= 4 is 5.91 Å². The predicted molar refractivity (Wildman–Crippen MR) is 101 cm³/mol. The van der Waals surface area contributed by atoms with Gasteiger partial charge in [-0.05, 0) is 45.7 Å². The minimum atomic E-state index is -0.214. The van der Waals surface area contributed by atoms with Gasteiger partial charge in [0.25, 0.3) is 0 Å².